The number of rotatable bonds is 4. The van der Waals surface area contributed by atoms with Crippen molar-refractivity contribution in [3.8, 4) is 0 Å². The van der Waals surface area contributed by atoms with Crippen LogP contribution in [0.15, 0.2) is 0 Å². The Balaban J connectivity index is 2.24. The Morgan fingerprint density at radius 3 is 2.62 bits per heavy atom. The predicted molar refractivity (Wildman–Crippen MR) is 59.5 cm³/mol. The molecule has 2 nitrogen and oxygen atoms in total. The number of hydrogen-bond donors (Lipinski definition) is 1. The first-order valence-corrected chi connectivity index (χ1v) is 5.76. The Kier molecular flexibility index (Phi) is 5.14. The molecule has 1 aliphatic rings. The minimum atomic E-state index is 0.691. The maximum Gasteiger partial charge on any atom is 0.0480 e. The van der Waals surface area contributed by atoms with Crippen LogP contribution in [0.1, 0.15) is 19.8 Å². The molecule has 1 saturated heterocycles. The quantitative estimate of drug-likeness (QED) is 0.698. The summed E-state index contributed by atoms with van der Waals surface area (Å²) >= 11 is 4.30. The summed E-state index contributed by atoms with van der Waals surface area (Å²) in [6.45, 7) is 5.28. The van der Waals surface area contributed by atoms with E-state index in [4.69, 9.17) is 4.74 Å². The van der Waals surface area contributed by atoms with Crippen LogP contribution in [-0.4, -0.2) is 43.5 Å². The van der Waals surface area contributed by atoms with Gasteiger partial charge in [0.1, 0.15) is 0 Å². The topological polar surface area (TPSA) is 12.5 Å². The average Bonchev–Trinajstić information content (AvgIpc) is 2.19. The van der Waals surface area contributed by atoms with Gasteiger partial charge in [-0.2, -0.15) is 12.6 Å². The highest BCUT2D eigenvalue weighted by atomic mass is 32.1. The molecule has 0 radical (unpaired) electrons. The van der Waals surface area contributed by atoms with Gasteiger partial charge in [0, 0.05) is 25.8 Å². The number of ether oxygens (including phenoxy) is 1. The molecule has 0 aliphatic carbocycles. The van der Waals surface area contributed by atoms with Crippen molar-refractivity contribution in [2.24, 2.45) is 5.92 Å². The first kappa shape index (κ1) is 11.3. The number of nitrogens with zero attached hydrogens (tertiary/aromatic N) is 1. The molecule has 1 fully saturated rings. The van der Waals surface area contributed by atoms with Gasteiger partial charge in [-0.25, -0.2) is 0 Å². The second-order valence-electron chi connectivity index (χ2n) is 4.07. The van der Waals surface area contributed by atoms with Crippen molar-refractivity contribution in [2.45, 2.75) is 25.8 Å². The van der Waals surface area contributed by atoms with E-state index in [0.29, 0.717) is 5.92 Å². The smallest absolute Gasteiger partial charge is 0.0480 e. The summed E-state index contributed by atoms with van der Waals surface area (Å²) in [5, 5.41) is 0. The number of hydrogen-bond acceptors (Lipinski definition) is 3. The molecule has 1 rings (SSSR count). The molecule has 13 heavy (non-hydrogen) atoms. The van der Waals surface area contributed by atoms with E-state index in [0.717, 1.165) is 31.6 Å². The lowest BCUT2D eigenvalue weighted by molar-refractivity contribution is 0.0399. The summed E-state index contributed by atoms with van der Waals surface area (Å²) < 4.78 is 5.34. The molecule has 0 bridgehead atoms. The Bertz CT molecular complexity index is 137. The minimum absolute atomic E-state index is 0.691. The molecule has 78 valence electrons. The summed E-state index contributed by atoms with van der Waals surface area (Å²) in [7, 11) is 2.22. The maximum absolute atomic E-state index is 5.34. The van der Waals surface area contributed by atoms with Gasteiger partial charge in [0.25, 0.3) is 0 Å². The fourth-order valence-electron chi connectivity index (χ4n) is 1.82. The van der Waals surface area contributed by atoms with Crippen LogP contribution in [0.5, 0.6) is 0 Å². The zero-order valence-corrected chi connectivity index (χ0v) is 9.59. The van der Waals surface area contributed by atoms with E-state index in [2.05, 4.69) is 31.5 Å². The third kappa shape index (κ3) is 3.88. The van der Waals surface area contributed by atoms with Crippen LogP contribution < -0.4 is 0 Å². The van der Waals surface area contributed by atoms with Gasteiger partial charge in [0.2, 0.25) is 0 Å². The van der Waals surface area contributed by atoms with Gasteiger partial charge in [0.15, 0.2) is 0 Å². The molecule has 1 atom stereocenters. The summed E-state index contributed by atoms with van der Waals surface area (Å²) in [4.78, 5) is 2.46. The molecule has 0 N–H and O–H groups in total. The summed E-state index contributed by atoms with van der Waals surface area (Å²) in [5.74, 6) is 1.67. The molecule has 1 heterocycles. The molecule has 1 unspecified atom stereocenters. The normalized spacial score (nSPS) is 22.2. The molecule has 0 saturated carbocycles. The Hall–Kier alpha value is 0.270. The first-order chi connectivity index (χ1) is 6.24. The monoisotopic (exact) mass is 203 g/mol. The molecule has 1 aliphatic heterocycles. The van der Waals surface area contributed by atoms with Gasteiger partial charge >= 0.3 is 0 Å². The van der Waals surface area contributed by atoms with E-state index in [1.54, 1.807) is 0 Å². The molecule has 0 spiro atoms. The zero-order valence-electron chi connectivity index (χ0n) is 8.70. The van der Waals surface area contributed by atoms with Crippen LogP contribution in [0.4, 0.5) is 0 Å². The first-order valence-electron chi connectivity index (χ1n) is 5.13. The Labute approximate surface area is 87.0 Å². The second kappa shape index (κ2) is 5.89. The zero-order chi connectivity index (χ0) is 9.68. The fourth-order valence-corrected chi connectivity index (χ4v) is 1.94. The summed E-state index contributed by atoms with van der Waals surface area (Å²) in [6, 6.07) is 0.732. The van der Waals surface area contributed by atoms with Crippen molar-refractivity contribution in [3.63, 3.8) is 0 Å². The lowest BCUT2D eigenvalue weighted by Crippen LogP contribution is -2.39. The van der Waals surface area contributed by atoms with E-state index in [1.165, 1.54) is 12.8 Å². The largest absolute Gasteiger partial charge is 0.381 e. The van der Waals surface area contributed by atoms with Crippen LogP contribution in [-0.2, 0) is 4.74 Å². The Morgan fingerprint density at radius 2 is 2.08 bits per heavy atom. The number of thiol groups is 1. The average molecular weight is 203 g/mol. The molecular formula is C10H21NOS. The van der Waals surface area contributed by atoms with Gasteiger partial charge in [-0.05, 0) is 31.6 Å². The van der Waals surface area contributed by atoms with Crippen LogP contribution in [0.25, 0.3) is 0 Å². The van der Waals surface area contributed by atoms with Crippen LogP contribution >= 0.6 is 12.6 Å². The van der Waals surface area contributed by atoms with Crippen LogP contribution in [0.3, 0.4) is 0 Å². The Morgan fingerprint density at radius 1 is 1.46 bits per heavy atom. The van der Waals surface area contributed by atoms with Crippen LogP contribution in [0, 0.1) is 5.92 Å². The van der Waals surface area contributed by atoms with Gasteiger partial charge in [-0.3, -0.25) is 0 Å². The van der Waals surface area contributed by atoms with Crippen molar-refractivity contribution in [2.75, 3.05) is 32.6 Å². The molecule has 0 aromatic carbocycles. The third-order valence-electron chi connectivity index (χ3n) is 2.73. The molecular weight excluding hydrogens is 182 g/mol. The highest BCUT2D eigenvalue weighted by Gasteiger charge is 2.19. The summed E-state index contributed by atoms with van der Waals surface area (Å²) in [5.41, 5.74) is 0. The van der Waals surface area contributed by atoms with Gasteiger partial charge in [-0.15, -0.1) is 0 Å². The van der Waals surface area contributed by atoms with E-state index in [1.807, 2.05) is 0 Å². The molecule has 3 heteroatoms. The molecule has 0 amide bonds. The van der Waals surface area contributed by atoms with Gasteiger partial charge in [0.05, 0.1) is 0 Å². The van der Waals surface area contributed by atoms with Crippen molar-refractivity contribution >= 4 is 12.6 Å². The van der Waals surface area contributed by atoms with Crippen molar-refractivity contribution in [1.29, 1.82) is 0 Å². The predicted octanol–water partition coefficient (Wildman–Crippen LogP) is 1.66. The van der Waals surface area contributed by atoms with Crippen molar-refractivity contribution in [3.05, 3.63) is 0 Å². The minimum Gasteiger partial charge on any atom is -0.381 e. The highest BCUT2D eigenvalue weighted by Crippen LogP contribution is 2.14. The van der Waals surface area contributed by atoms with E-state index >= 15 is 0 Å². The summed E-state index contributed by atoms with van der Waals surface area (Å²) in [6.07, 6.45) is 2.38. The lowest BCUT2D eigenvalue weighted by atomic mass is 10.1. The van der Waals surface area contributed by atoms with E-state index in [9.17, 15) is 0 Å². The standard InChI is InChI=1S/C10H21NOS/c1-9(8-13)7-11(2)10-3-5-12-6-4-10/h9-10,13H,3-8H2,1-2H3. The lowest BCUT2D eigenvalue weighted by Gasteiger charge is -2.32. The van der Waals surface area contributed by atoms with Gasteiger partial charge < -0.3 is 9.64 Å². The van der Waals surface area contributed by atoms with Crippen LogP contribution in [0.2, 0.25) is 0 Å². The van der Waals surface area contributed by atoms with Crippen molar-refractivity contribution in [1.82, 2.24) is 4.90 Å². The van der Waals surface area contributed by atoms with E-state index < -0.39 is 0 Å². The van der Waals surface area contributed by atoms with E-state index in [-0.39, 0.29) is 0 Å². The third-order valence-corrected chi connectivity index (χ3v) is 3.35. The molecule has 0 aromatic rings. The maximum atomic E-state index is 5.34. The SMILES string of the molecule is CC(CS)CN(C)C1CCOCC1. The highest BCUT2D eigenvalue weighted by molar-refractivity contribution is 7.80. The molecule has 0 aromatic heterocycles. The van der Waals surface area contributed by atoms with Gasteiger partial charge in [-0.1, -0.05) is 6.92 Å². The fraction of sp³-hybridized carbons (Fsp3) is 1.00. The second-order valence-corrected chi connectivity index (χ2v) is 4.44. The van der Waals surface area contributed by atoms with Crippen molar-refractivity contribution < 1.29 is 4.74 Å².